The molecule has 0 fully saturated rings. The zero-order chi connectivity index (χ0) is 19.9. The summed E-state index contributed by atoms with van der Waals surface area (Å²) in [5, 5.41) is 2.67. The van der Waals surface area contributed by atoms with Gasteiger partial charge in [-0.3, -0.25) is 4.79 Å². The number of amides is 1. The predicted molar refractivity (Wildman–Crippen MR) is 104 cm³/mol. The van der Waals surface area contributed by atoms with E-state index in [1.165, 1.54) is 34.9 Å². The third kappa shape index (κ3) is 5.21. The maximum atomic E-state index is 12.7. The van der Waals surface area contributed by atoms with Crippen LogP contribution in [0.3, 0.4) is 0 Å². The van der Waals surface area contributed by atoms with Crippen LogP contribution in [0.25, 0.3) is 6.08 Å². The topological polar surface area (TPSA) is 88.9 Å². The van der Waals surface area contributed by atoms with Crippen molar-refractivity contribution < 1.29 is 22.4 Å². The summed E-state index contributed by atoms with van der Waals surface area (Å²) in [4.78, 5) is 12.3. The number of hydrogen-bond donors (Lipinski definition) is 1. The van der Waals surface area contributed by atoms with Crippen molar-refractivity contribution in [2.24, 2.45) is 0 Å². The number of ether oxygens (including phenoxy) is 1. The van der Waals surface area contributed by atoms with Gasteiger partial charge in [0.05, 0.1) is 23.5 Å². The van der Waals surface area contributed by atoms with Crippen molar-refractivity contribution in [3.05, 3.63) is 48.4 Å². The number of carbonyl (C=O) groups excluding carboxylic acids is 1. The van der Waals surface area contributed by atoms with E-state index in [4.69, 9.17) is 9.15 Å². The van der Waals surface area contributed by atoms with Gasteiger partial charge >= 0.3 is 0 Å². The molecule has 0 spiro atoms. The Labute approximate surface area is 159 Å². The fourth-order valence-corrected chi connectivity index (χ4v) is 3.96. The van der Waals surface area contributed by atoms with E-state index in [0.29, 0.717) is 36.9 Å². The molecule has 8 heteroatoms. The van der Waals surface area contributed by atoms with Crippen molar-refractivity contribution in [2.45, 2.75) is 25.7 Å². The molecule has 1 aromatic heterocycles. The quantitative estimate of drug-likeness (QED) is 0.661. The Morgan fingerprint density at radius 1 is 1.22 bits per heavy atom. The van der Waals surface area contributed by atoms with Gasteiger partial charge in [0.25, 0.3) is 0 Å². The Morgan fingerprint density at radius 3 is 2.56 bits per heavy atom. The van der Waals surface area contributed by atoms with Crippen molar-refractivity contribution in [1.82, 2.24) is 4.31 Å². The van der Waals surface area contributed by atoms with E-state index in [1.807, 2.05) is 6.92 Å². The fourth-order valence-electron chi connectivity index (χ4n) is 2.48. The van der Waals surface area contributed by atoms with Crippen LogP contribution in [0.2, 0.25) is 0 Å². The third-order valence-electron chi connectivity index (χ3n) is 3.79. The van der Waals surface area contributed by atoms with Crippen LogP contribution in [-0.4, -0.2) is 38.3 Å². The zero-order valence-electron chi connectivity index (χ0n) is 15.6. The lowest BCUT2D eigenvalue weighted by Gasteiger charge is -2.19. The minimum absolute atomic E-state index is 0.0972. The second-order valence-electron chi connectivity index (χ2n) is 5.52. The monoisotopic (exact) mass is 392 g/mol. The van der Waals surface area contributed by atoms with Gasteiger partial charge in [-0.1, -0.05) is 13.8 Å². The largest absolute Gasteiger partial charge is 0.492 e. The first-order valence-corrected chi connectivity index (χ1v) is 10.2. The summed E-state index contributed by atoms with van der Waals surface area (Å²) in [5.41, 5.74) is 0.291. The number of rotatable bonds is 9. The van der Waals surface area contributed by atoms with Gasteiger partial charge in [-0.25, -0.2) is 8.42 Å². The van der Waals surface area contributed by atoms with Crippen LogP contribution in [0, 0.1) is 0 Å². The molecule has 27 heavy (non-hydrogen) atoms. The molecule has 0 unspecified atom stereocenters. The number of nitrogens with one attached hydrogen (secondary N) is 1. The number of sulfonamides is 1. The SMILES string of the molecule is CCOc1ccc(S(=O)(=O)N(CC)CC)cc1NC(=O)C=Cc1ccco1. The average molecular weight is 392 g/mol. The van der Waals surface area contributed by atoms with Gasteiger partial charge in [0.1, 0.15) is 11.5 Å². The van der Waals surface area contributed by atoms with E-state index >= 15 is 0 Å². The Hall–Kier alpha value is -2.58. The van der Waals surface area contributed by atoms with Gasteiger partial charge in [-0.05, 0) is 43.3 Å². The molecule has 1 N–H and O–H groups in total. The zero-order valence-corrected chi connectivity index (χ0v) is 16.5. The predicted octanol–water partition coefficient (Wildman–Crippen LogP) is 3.36. The lowest BCUT2D eigenvalue weighted by Crippen LogP contribution is -2.30. The van der Waals surface area contributed by atoms with Gasteiger partial charge in [0, 0.05) is 19.2 Å². The highest BCUT2D eigenvalue weighted by molar-refractivity contribution is 7.89. The highest BCUT2D eigenvalue weighted by Gasteiger charge is 2.23. The van der Waals surface area contributed by atoms with Gasteiger partial charge in [-0.2, -0.15) is 4.31 Å². The van der Waals surface area contributed by atoms with Crippen molar-refractivity contribution in [2.75, 3.05) is 25.0 Å². The van der Waals surface area contributed by atoms with Crippen LogP contribution < -0.4 is 10.1 Å². The van der Waals surface area contributed by atoms with Crippen LogP contribution in [-0.2, 0) is 14.8 Å². The Kier molecular flexibility index (Phi) is 7.20. The molecule has 0 saturated carbocycles. The van der Waals surface area contributed by atoms with Crippen molar-refractivity contribution >= 4 is 27.7 Å². The van der Waals surface area contributed by atoms with E-state index in [0.717, 1.165) is 0 Å². The summed E-state index contributed by atoms with van der Waals surface area (Å²) in [6.45, 7) is 6.46. The molecule has 0 saturated heterocycles. The number of nitrogens with zero attached hydrogens (tertiary/aromatic N) is 1. The first-order valence-electron chi connectivity index (χ1n) is 8.71. The van der Waals surface area contributed by atoms with E-state index in [2.05, 4.69) is 5.32 Å². The molecule has 2 rings (SSSR count). The van der Waals surface area contributed by atoms with Crippen LogP contribution in [0.1, 0.15) is 26.5 Å². The summed E-state index contributed by atoms with van der Waals surface area (Å²) < 4.78 is 37.4. The second-order valence-corrected chi connectivity index (χ2v) is 7.46. The highest BCUT2D eigenvalue weighted by atomic mass is 32.2. The molecule has 1 heterocycles. The summed E-state index contributed by atoms with van der Waals surface area (Å²) in [7, 11) is -3.65. The smallest absolute Gasteiger partial charge is 0.248 e. The number of hydrogen-bond acceptors (Lipinski definition) is 5. The summed E-state index contributed by atoms with van der Waals surface area (Å²) >= 11 is 0. The second kappa shape index (κ2) is 9.38. The Morgan fingerprint density at radius 2 is 1.96 bits per heavy atom. The fraction of sp³-hybridized carbons (Fsp3) is 0.316. The minimum atomic E-state index is -3.65. The molecule has 0 bridgehead atoms. The molecular formula is C19H24N2O5S. The van der Waals surface area contributed by atoms with Gasteiger partial charge < -0.3 is 14.5 Å². The lowest BCUT2D eigenvalue weighted by atomic mass is 10.3. The van der Waals surface area contributed by atoms with E-state index < -0.39 is 15.9 Å². The van der Waals surface area contributed by atoms with E-state index in [-0.39, 0.29) is 4.90 Å². The van der Waals surface area contributed by atoms with Crippen molar-refractivity contribution in [3.8, 4) is 5.75 Å². The van der Waals surface area contributed by atoms with E-state index in [1.54, 1.807) is 32.0 Å². The molecule has 7 nitrogen and oxygen atoms in total. The molecule has 1 amide bonds. The first-order chi connectivity index (χ1) is 12.9. The van der Waals surface area contributed by atoms with Crippen molar-refractivity contribution in [3.63, 3.8) is 0 Å². The Balaban J connectivity index is 2.31. The Bertz CT molecular complexity index is 885. The summed E-state index contributed by atoms with van der Waals surface area (Å²) in [6.07, 6.45) is 4.33. The van der Waals surface area contributed by atoms with E-state index in [9.17, 15) is 13.2 Å². The first kappa shape index (κ1) is 20.7. The van der Waals surface area contributed by atoms with Crippen LogP contribution in [0.5, 0.6) is 5.75 Å². The molecule has 146 valence electrons. The maximum absolute atomic E-state index is 12.7. The minimum Gasteiger partial charge on any atom is -0.492 e. The van der Waals surface area contributed by atoms with Crippen LogP contribution in [0.4, 0.5) is 5.69 Å². The molecule has 0 aliphatic rings. The van der Waals surface area contributed by atoms with Gasteiger partial charge in [0.2, 0.25) is 15.9 Å². The normalized spacial score (nSPS) is 11.9. The molecular weight excluding hydrogens is 368 g/mol. The van der Waals surface area contributed by atoms with Crippen LogP contribution in [0.15, 0.2) is 52.0 Å². The highest BCUT2D eigenvalue weighted by Crippen LogP contribution is 2.29. The van der Waals surface area contributed by atoms with Gasteiger partial charge in [-0.15, -0.1) is 0 Å². The molecule has 0 atom stereocenters. The van der Waals surface area contributed by atoms with Gasteiger partial charge in [0.15, 0.2) is 0 Å². The summed E-state index contributed by atoms with van der Waals surface area (Å²) in [5.74, 6) is 0.508. The standard InChI is InChI=1S/C19H24N2O5S/c1-4-21(5-2)27(23,24)16-10-11-18(25-6-3)17(14-16)20-19(22)12-9-15-8-7-13-26-15/h7-14H,4-6H2,1-3H3,(H,20,22). The third-order valence-corrected chi connectivity index (χ3v) is 5.84. The molecule has 0 radical (unpaired) electrons. The maximum Gasteiger partial charge on any atom is 0.248 e. The molecule has 0 aliphatic heterocycles. The molecule has 1 aromatic carbocycles. The average Bonchev–Trinajstić information content (AvgIpc) is 3.16. The molecule has 0 aliphatic carbocycles. The number of carbonyl (C=O) groups is 1. The molecule has 2 aromatic rings. The number of benzene rings is 1. The lowest BCUT2D eigenvalue weighted by molar-refractivity contribution is -0.111. The van der Waals surface area contributed by atoms with Crippen molar-refractivity contribution in [1.29, 1.82) is 0 Å². The summed E-state index contributed by atoms with van der Waals surface area (Å²) in [6, 6.07) is 7.87. The number of furan rings is 1. The van der Waals surface area contributed by atoms with Crippen LogP contribution >= 0.6 is 0 Å². The number of anilines is 1.